The molecule has 0 spiro atoms. The van der Waals surface area contributed by atoms with E-state index in [1.165, 1.54) is 4.90 Å². The van der Waals surface area contributed by atoms with E-state index in [2.05, 4.69) is 5.32 Å². The van der Waals surface area contributed by atoms with Crippen LogP contribution in [0, 0.1) is 0 Å². The number of carbonyl (C=O) groups is 3. The summed E-state index contributed by atoms with van der Waals surface area (Å²) < 4.78 is 5.45. The fraction of sp³-hybridized carbons (Fsp3) is 0.292. The molecule has 7 nitrogen and oxygen atoms in total. The van der Waals surface area contributed by atoms with Crippen molar-refractivity contribution in [2.24, 2.45) is 0 Å². The normalized spacial score (nSPS) is 14.4. The van der Waals surface area contributed by atoms with Crippen LogP contribution in [0.1, 0.15) is 45.4 Å². The quantitative estimate of drug-likeness (QED) is 0.567. The molecule has 0 saturated heterocycles. The van der Waals surface area contributed by atoms with E-state index in [1.807, 2.05) is 55.4 Å². The summed E-state index contributed by atoms with van der Waals surface area (Å²) >= 11 is 0. The molecule has 31 heavy (non-hydrogen) atoms. The van der Waals surface area contributed by atoms with Gasteiger partial charge in [0.25, 0.3) is 11.8 Å². The minimum absolute atomic E-state index is 0.0683. The lowest BCUT2D eigenvalue weighted by atomic mass is 9.94. The largest absolute Gasteiger partial charge is 0.468 e. The minimum Gasteiger partial charge on any atom is -0.468 e. The Labute approximate surface area is 180 Å². The topological polar surface area (TPSA) is 82.9 Å². The zero-order chi connectivity index (χ0) is 22.0. The molecule has 0 fully saturated rings. The molecule has 0 radical (unpaired) electrons. The molecule has 1 atom stereocenters. The number of hydrogen-bond donors (Lipinski definition) is 1. The molecular weight excluding hydrogens is 394 g/mol. The highest BCUT2D eigenvalue weighted by molar-refractivity contribution is 6.25. The number of nitrogens with zero attached hydrogens (tertiary/aromatic N) is 2. The van der Waals surface area contributed by atoms with Gasteiger partial charge in [0.05, 0.1) is 12.3 Å². The standard InChI is InChI=1S/C24H25N3O4/c1-26(2)19(20-11-6-14-31-20)15-25-21(28)12-5-13-27-23(29)17-9-3-7-16-8-4-10-18(22(16)17)24(27)30/h3-4,6-11,14,19H,5,12-13,15H2,1-2H3,(H,25,28)/t19-/m1/s1. The maximum Gasteiger partial charge on any atom is 0.261 e. The lowest BCUT2D eigenvalue weighted by Crippen LogP contribution is -2.41. The third-order valence-electron chi connectivity index (χ3n) is 5.63. The van der Waals surface area contributed by atoms with Crippen LogP contribution in [0.4, 0.5) is 0 Å². The highest BCUT2D eigenvalue weighted by Gasteiger charge is 2.32. The summed E-state index contributed by atoms with van der Waals surface area (Å²) in [4.78, 5) is 41.4. The number of imide groups is 1. The summed E-state index contributed by atoms with van der Waals surface area (Å²) in [7, 11) is 3.84. The Morgan fingerprint density at radius 1 is 1.03 bits per heavy atom. The Morgan fingerprint density at radius 2 is 1.71 bits per heavy atom. The van der Waals surface area contributed by atoms with E-state index >= 15 is 0 Å². The number of carbonyl (C=O) groups excluding carboxylic acids is 3. The molecule has 0 aliphatic carbocycles. The average molecular weight is 419 g/mol. The van der Waals surface area contributed by atoms with Gasteiger partial charge in [0, 0.05) is 36.0 Å². The molecule has 4 rings (SSSR count). The van der Waals surface area contributed by atoms with E-state index in [0.717, 1.165) is 11.1 Å². The van der Waals surface area contributed by atoms with Crippen LogP contribution in [0.25, 0.3) is 10.8 Å². The second-order valence-corrected chi connectivity index (χ2v) is 7.87. The first kappa shape index (κ1) is 20.8. The Hall–Kier alpha value is -3.45. The van der Waals surface area contributed by atoms with Crippen LogP contribution in [0.2, 0.25) is 0 Å². The summed E-state index contributed by atoms with van der Waals surface area (Å²) in [6, 6.07) is 14.6. The van der Waals surface area contributed by atoms with Crippen LogP contribution in [0.5, 0.6) is 0 Å². The van der Waals surface area contributed by atoms with Gasteiger partial charge < -0.3 is 9.73 Å². The van der Waals surface area contributed by atoms with Gasteiger partial charge in [-0.15, -0.1) is 0 Å². The van der Waals surface area contributed by atoms with Crippen molar-refractivity contribution in [2.75, 3.05) is 27.2 Å². The predicted octanol–water partition coefficient (Wildman–Crippen LogP) is 3.23. The predicted molar refractivity (Wildman–Crippen MR) is 117 cm³/mol. The maximum absolute atomic E-state index is 12.9. The van der Waals surface area contributed by atoms with Crippen molar-refractivity contribution in [2.45, 2.75) is 18.9 Å². The highest BCUT2D eigenvalue weighted by Crippen LogP contribution is 2.30. The summed E-state index contributed by atoms with van der Waals surface area (Å²) in [5.41, 5.74) is 1.06. The van der Waals surface area contributed by atoms with Gasteiger partial charge in [-0.25, -0.2) is 0 Å². The van der Waals surface area contributed by atoms with Crippen molar-refractivity contribution >= 4 is 28.5 Å². The third-order valence-corrected chi connectivity index (χ3v) is 5.63. The zero-order valence-electron chi connectivity index (χ0n) is 17.6. The van der Waals surface area contributed by atoms with E-state index in [9.17, 15) is 14.4 Å². The highest BCUT2D eigenvalue weighted by atomic mass is 16.3. The summed E-state index contributed by atoms with van der Waals surface area (Å²) in [5, 5.41) is 4.50. The fourth-order valence-electron chi connectivity index (χ4n) is 4.00. The van der Waals surface area contributed by atoms with Crippen molar-refractivity contribution in [3.63, 3.8) is 0 Å². The first-order valence-electron chi connectivity index (χ1n) is 10.3. The lowest BCUT2D eigenvalue weighted by molar-refractivity contribution is -0.121. The number of benzene rings is 2. The monoisotopic (exact) mass is 419 g/mol. The molecular formula is C24H25N3O4. The number of furan rings is 1. The van der Waals surface area contributed by atoms with E-state index in [1.54, 1.807) is 18.4 Å². The molecule has 1 N–H and O–H groups in total. The van der Waals surface area contributed by atoms with Gasteiger partial charge in [0.15, 0.2) is 0 Å². The average Bonchev–Trinajstić information content (AvgIpc) is 3.28. The molecule has 0 unspecified atom stereocenters. The van der Waals surface area contributed by atoms with Gasteiger partial charge in [-0.05, 0) is 50.2 Å². The van der Waals surface area contributed by atoms with Crippen LogP contribution >= 0.6 is 0 Å². The van der Waals surface area contributed by atoms with E-state index in [-0.39, 0.29) is 36.7 Å². The Morgan fingerprint density at radius 3 is 2.29 bits per heavy atom. The molecule has 1 aromatic heterocycles. The molecule has 160 valence electrons. The smallest absolute Gasteiger partial charge is 0.261 e. The summed E-state index contributed by atoms with van der Waals surface area (Å²) in [5.74, 6) is 0.0425. The van der Waals surface area contributed by atoms with Gasteiger partial charge in [-0.3, -0.25) is 24.2 Å². The molecule has 7 heteroatoms. The number of likely N-dealkylation sites (N-methyl/N-ethyl adjacent to an activating group) is 1. The number of nitrogens with one attached hydrogen (secondary N) is 1. The minimum atomic E-state index is -0.305. The van der Waals surface area contributed by atoms with Crippen LogP contribution in [-0.2, 0) is 4.79 Å². The van der Waals surface area contributed by atoms with Gasteiger partial charge in [-0.2, -0.15) is 0 Å². The number of hydrogen-bond acceptors (Lipinski definition) is 5. The summed E-state index contributed by atoms with van der Waals surface area (Å²) in [6.07, 6.45) is 2.23. The van der Waals surface area contributed by atoms with Crippen molar-refractivity contribution in [1.29, 1.82) is 0 Å². The lowest BCUT2D eigenvalue weighted by Gasteiger charge is -2.27. The molecule has 2 heterocycles. The van der Waals surface area contributed by atoms with Crippen LogP contribution in [0.15, 0.2) is 59.2 Å². The molecule has 2 aromatic carbocycles. The van der Waals surface area contributed by atoms with Gasteiger partial charge in [-0.1, -0.05) is 24.3 Å². The molecule has 3 amide bonds. The summed E-state index contributed by atoms with van der Waals surface area (Å²) in [6.45, 7) is 0.612. The first-order chi connectivity index (χ1) is 15.0. The van der Waals surface area contributed by atoms with E-state index < -0.39 is 0 Å². The van der Waals surface area contributed by atoms with Crippen molar-refractivity contribution < 1.29 is 18.8 Å². The second kappa shape index (κ2) is 8.73. The molecule has 3 aromatic rings. The molecule has 0 saturated carbocycles. The number of amides is 3. The Kier molecular flexibility index (Phi) is 5.86. The van der Waals surface area contributed by atoms with Crippen molar-refractivity contribution in [3.05, 3.63) is 71.7 Å². The third kappa shape index (κ3) is 4.09. The Bertz CT molecular complexity index is 1070. The maximum atomic E-state index is 12.9. The van der Waals surface area contributed by atoms with Crippen molar-refractivity contribution in [3.8, 4) is 0 Å². The molecule has 0 bridgehead atoms. The Balaban J connectivity index is 1.35. The fourth-order valence-corrected chi connectivity index (χ4v) is 4.00. The van der Waals surface area contributed by atoms with Crippen molar-refractivity contribution in [1.82, 2.24) is 15.1 Å². The van der Waals surface area contributed by atoms with Gasteiger partial charge in [0.1, 0.15) is 5.76 Å². The van der Waals surface area contributed by atoms with Crippen LogP contribution in [-0.4, -0.2) is 54.7 Å². The van der Waals surface area contributed by atoms with Crippen LogP contribution < -0.4 is 5.32 Å². The molecule has 1 aliphatic rings. The zero-order valence-corrected chi connectivity index (χ0v) is 17.6. The second-order valence-electron chi connectivity index (χ2n) is 7.87. The van der Waals surface area contributed by atoms with E-state index in [0.29, 0.717) is 29.5 Å². The molecule has 1 aliphatic heterocycles. The number of rotatable bonds is 8. The van der Waals surface area contributed by atoms with Gasteiger partial charge >= 0.3 is 0 Å². The van der Waals surface area contributed by atoms with Gasteiger partial charge in [0.2, 0.25) is 5.91 Å². The van der Waals surface area contributed by atoms with Crippen LogP contribution in [0.3, 0.4) is 0 Å². The SMILES string of the molecule is CN(C)[C@H](CNC(=O)CCCN1C(=O)c2cccc3cccc(c23)C1=O)c1ccco1. The van der Waals surface area contributed by atoms with E-state index in [4.69, 9.17) is 4.42 Å². The first-order valence-corrected chi connectivity index (χ1v) is 10.3.